The highest BCUT2D eigenvalue weighted by molar-refractivity contribution is 5.36. The van der Waals surface area contributed by atoms with Crippen molar-refractivity contribution in [2.24, 2.45) is 0 Å². The number of methoxy groups -OCH3 is 1. The summed E-state index contributed by atoms with van der Waals surface area (Å²) in [6.07, 6.45) is 2.01. The van der Waals surface area contributed by atoms with Crippen molar-refractivity contribution < 1.29 is 9.13 Å². The Hall–Kier alpha value is -1.09. The van der Waals surface area contributed by atoms with E-state index in [0.717, 1.165) is 18.4 Å². The summed E-state index contributed by atoms with van der Waals surface area (Å²) in [7, 11) is 3.41. The van der Waals surface area contributed by atoms with Crippen molar-refractivity contribution in [1.29, 1.82) is 0 Å². The molecule has 2 rings (SSSR count). The van der Waals surface area contributed by atoms with Gasteiger partial charge in [-0.2, -0.15) is 0 Å². The van der Waals surface area contributed by atoms with Crippen molar-refractivity contribution in [3.05, 3.63) is 29.6 Å². The smallest absolute Gasteiger partial charge is 0.131 e. The van der Waals surface area contributed by atoms with E-state index in [1.807, 2.05) is 7.05 Å². The standard InChI is InChI=1S/C11H14FNO/c1-13-11(5-6-11)9-4-3-8(14-2)7-10(9)12/h3-4,7,13H,5-6H2,1-2H3. The summed E-state index contributed by atoms with van der Waals surface area (Å²) in [5.41, 5.74) is 0.636. The molecule has 0 bridgehead atoms. The van der Waals surface area contributed by atoms with Crippen LogP contribution >= 0.6 is 0 Å². The minimum atomic E-state index is -0.184. The topological polar surface area (TPSA) is 21.3 Å². The molecule has 0 spiro atoms. The number of hydrogen-bond donors (Lipinski definition) is 1. The molecule has 1 aliphatic carbocycles. The van der Waals surface area contributed by atoms with Crippen LogP contribution in [0.2, 0.25) is 0 Å². The Morgan fingerprint density at radius 2 is 2.14 bits per heavy atom. The van der Waals surface area contributed by atoms with Crippen LogP contribution in [0.5, 0.6) is 5.75 Å². The summed E-state index contributed by atoms with van der Waals surface area (Å²) < 4.78 is 18.6. The summed E-state index contributed by atoms with van der Waals surface area (Å²) in [6, 6.07) is 5.04. The lowest BCUT2D eigenvalue weighted by molar-refractivity contribution is 0.409. The molecule has 2 nitrogen and oxygen atoms in total. The zero-order chi connectivity index (χ0) is 10.2. The third-order valence-corrected chi connectivity index (χ3v) is 2.92. The summed E-state index contributed by atoms with van der Waals surface area (Å²) >= 11 is 0. The van der Waals surface area contributed by atoms with Crippen LogP contribution in [0.25, 0.3) is 0 Å². The molecule has 14 heavy (non-hydrogen) atoms. The van der Waals surface area contributed by atoms with Gasteiger partial charge in [0.2, 0.25) is 0 Å². The van der Waals surface area contributed by atoms with E-state index < -0.39 is 0 Å². The molecule has 1 fully saturated rings. The van der Waals surface area contributed by atoms with Gasteiger partial charge in [-0.1, -0.05) is 6.07 Å². The molecule has 1 aromatic carbocycles. The van der Waals surface area contributed by atoms with E-state index in [9.17, 15) is 4.39 Å². The summed E-state index contributed by atoms with van der Waals surface area (Å²) in [6.45, 7) is 0. The van der Waals surface area contributed by atoms with Gasteiger partial charge in [-0.05, 0) is 26.0 Å². The zero-order valence-electron chi connectivity index (χ0n) is 8.43. The lowest BCUT2D eigenvalue weighted by atomic mass is 10.0. The number of nitrogens with one attached hydrogen (secondary N) is 1. The van der Waals surface area contributed by atoms with Crippen LogP contribution < -0.4 is 10.1 Å². The lowest BCUT2D eigenvalue weighted by Gasteiger charge is -2.15. The normalized spacial score (nSPS) is 17.9. The molecule has 1 aliphatic rings. The molecular formula is C11H14FNO. The molecule has 0 amide bonds. The van der Waals surface area contributed by atoms with Crippen LogP contribution in [-0.4, -0.2) is 14.2 Å². The van der Waals surface area contributed by atoms with Crippen LogP contribution in [0.4, 0.5) is 4.39 Å². The molecule has 1 N–H and O–H groups in total. The molecule has 0 atom stereocenters. The van der Waals surface area contributed by atoms with Crippen molar-refractivity contribution >= 4 is 0 Å². The number of ether oxygens (including phenoxy) is 1. The molecule has 0 heterocycles. The van der Waals surface area contributed by atoms with Crippen molar-refractivity contribution in [3.63, 3.8) is 0 Å². The average molecular weight is 195 g/mol. The molecule has 0 saturated heterocycles. The molecule has 1 aromatic rings. The highest BCUT2D eigenvalue weighted by Crippen LogP contribution is 2.46. The Morgan fingerprint density at radius 1 is 1.43 bits per heavy atom. The first kappa shape index (κ1) is 9.46. The largest absolute Gasteiger partial charge is 0.497 e. The van der Waals surface area contributed by atoms with Gasteiger partial charge in [0.15, 0.2) is 0 Å². The highest BCUT2D eigenvalue weighted by Gasteiger charge is 2.44. The van der Waals surface area contributed by atoms with Crippen LogP contribution in [0.1, 0.15) is 18.4 Å². The van der Waals surface area contributed by atoms with Crippen molar-refractivity contribution in [1.82, 2.24) is 5.32 Å². The van der Waals surface area contributed by atoms with Gasteiger partial charge in [-0.3, -0.25) is 0 Å². The van der Waals surface area contributed by atoms with Gasteiger partial charge in [0.25, 0.3) is 0 Å². The Labute approximate surface area is 83.1 Å². The Kier molecular flexibility index (Phi) is 2.19. The second-order valence-corrected chi connectivity index (χ2v) is 3.68. The second kappa shape index (κ2) is 3.24. The third-order valence-electron chi connectivity index (χ3n) is 2.92. The van der Waals surface area contributed by atoms with Gasteiger partial charge in [0, 0.05) is 17.2 Å². The van der Waals surface area contributed by atoms with Gasteiger partial charge in [-0.15, -0.1) is 0 Å². The fraction of sp³-hybridized carbons (Fsp3) is 0.455. The second-order valence-electron chi connectivity index (χ2n) is 3.68. The van der Waals surface area contributed by atoms with E-state index in [1.54, 1.807) is 19.2 Å². The summed E-state index contributed by atoms with van der Waals surface area (Å²) in [5, 5.41) is 3.17. The zero-order valence-corrected chi connectivity index (χ0v) is 8.43. The molecule has 0 unspecified atom stereocenters. The number of hydrogen-bond acceptors (Lipinski definition) is 2. The van der Waals surface area contributed by atoms with E-state index in [1.165, 1.54) is 6.07 Å². The van der Waals surface area contributed by atoms with E-state index in [0.29, 0.717) is 5.75 Å². The average Bonchev–Trinajstić information content (AvgIpc) is 2.98. The first-order valence-electron chi connectivity index (χ1n) is 4.75. The van der Waals surface area contributed by atoms with Crippen LogP contribution in [0.3, 0.4) is 0 Å². The minimum absolute atomic E-state index is 0.115. The monoisotopic (exact) mass is 195 g/mol. The Balaban J connectivity index is 2.36. The molecule has 1 saturated carbocycles. The molecule has 76 valence electrons. The number of halogens is 1. The molecule has 0 aromatic heterocycles. The van der Waals surface area contributed by atoms with Crippen molar-refractivity contribution in [2.75, 3.05) is 14.2 Å². The summed E-state index contributed by atoms with van der Waals surface area (Å²) in [5.74, 6) is 0.384. The number of benzene rings is 1. The SMILES string of the molecule is CNC1(c2ccc(OC)cc2F)CC1. The Bertz CT molecular complexity index is 347. The maximum atomic E-state index is 13.6. The van der Waals surface area contributed by atoms with Crippen LogP contribution in [0, 0.1) is 5.82 Å². The van der Waals surface area contributed by atoms with Crippen molar-refractivity contribution in [3.8, 4) is 5.75 Å². The third kappa shape index (κ3) is 1.38. The molecule has 0 aliphatic heterocycles. The molecule has 3 heteroatoms. The fourth-order valence-electron chi connectivity index (χ4n) is 1.79. The van der Waals surface area contributed by atoms with Gasteiger partial charge in [-0.25, -0.2) is 4.39 Å². The predicted octanol–water partition coefficient (Wildman–Crippen LogP) is 2.04. The van der Waals surface area contributed by atoms with Crippen LogP contribution in [0.15, 0.2) is 18.2 Å². The van der Waals surface area contributed by atoms with E-state index >= 15 is 0 Å². The van der Waals surface area contributed by atoms with Gasteiger partial charge in [0.05, 0.1) is 7.11 Å². The van der Waals surface area contributed by atoms with Gasteiger partial charge >= 0.3 is 0 Å². The first-order valence-corrected chi connectivity index (χ1v) is 4.75. The first-order chi connectivity index (χ1) is 6.72. The lowest BCUT2D eigenvalue weighted by Crippen LogP contribution is -2.25. The quantitative estimate of drug-likeness (QED) is 0.797. The van der Waals surface area contributed by atoms with E-state index in [-0.39, 0.29) is 11.4 Å². The number of rotatable bonds is 3. The maximum Gasteiger partial charge on any atom is 0.131 e. The molecular weight excluding hydrogens is 181 g/mol. The minimum Gasteiger partial charge on any atom is -0.497 e. The van der Waals surface area contributed by atoms with Crippen molar-refractivity contribution in [2.45, 2.75) is 18.4 Å². The fourth-order valence-corrected chi connectivity index (χ4v) is 1.79. The van der Waals surface area contributed by atoms with Crippen LogP contribution in [-0.2, 0) is 5.54 Å². The van der Waals surface area contributed by atoms with E-state index in [4.69, 9.17) is 4.74 Å². The predicted molar refractivity (Wildman–Crippen MR) is 52.9 cm³/mol. The molecule has 0 radical (unpaired) electrons. The van der Waals surface area contributed by atoms with Gasteiger partial charge < -0.3 is 10.1 Å². The highest BCUT2D eigenvalue weighted by atomic mass is 19.1. The van der Waals surface area contributed by atoms with Gasteiger partial charge in [0.1, 0.15) is 11.6 Å². The van der Waals surface area contributed by atoms with E-state index in [2.05, 4.69) is 5.32 Å². The maximum absolute atomic E-state index is 13.6. The Morgan fingerprint density at radius 3 is 2.57 bits per heavy atom. The summed E-state index contributed by atoms with van der Waals surface area (Å²) in [4.78, 5) is 0.